The second-order valence-corrected chi connectivity index (χ2v) is 8.70. The smallest absolute Gasteiger partial charge is 0.193 e. The number of hydrogen-bond donors (Lipinski definition) is 1. The van der Waals surface area contributed by atoms with Crippen molar-refractivity contribution in [3.63, 3.8) is 0 Å². The molecular weight excluding hydrogens is 342 g/mol. The first-order valence-corrected chi connectivity index (χ1v) is 10.4. The third kappa shape index (κ3) is 7.87. The topological polar surface area (TPSA) is 88.8 Å². The van der Waals surface area contributed by atoms with Gasteiger partial charge in [-0.25, -0.2) is 8.42 Å². The lowest BCUT2D eigenvalue weighted by molar-refractivity contribution is 0.153. The van der Waals surface area contributed by atoms with Crippen molar-refractivity contribution in [3.8, 4) is 0 Å². The first-order valence-electron chi connectivity index (χ1n) is 8.33. The molecule has 0 unspecified atom stereocenters. The van der Waals surface area contributed by atoms with Crippen LogP contribution in [-0.2, 0) is 28.2 Å². The van der Waals surface area contributed by atoms with Crippen LogP contribution in [0.3, 0.4) is 0 Å². The Morgan fingerprint density at radius 2 is 2.12 bits per heavy atom. The van der Waals surface area contributed by atoms with Crippen molar-refractivity contribution in [1.82, 2.24) is 20.0 Å². The molecule has 1 aromatic heterocycles. The second-order valence-electron chi connectivity index (χ2n) is 6.44. The predicted octanol–water partition coefficient (Wildman–Crippen LogP) is 0.612. The normalized spacial score (nSPS) is 12.7. The standard InChI is InChI=1S/C16H31N5O3S/c1-13(2)15-14(12-21(5)19-15)11-20(4)16(17-3)18-7-8-24-9-10-25(6,22)23/h12-13H,7-11H2,1-6H3,(H,17,18). The van der Waals surface area contributed by atoms with Crippen molar-refractivity contribution in [2.75, 3.05) is 45.9 Å². The molecule has 0 aliphatic rings. The van der Waals surface area contributed by atoms with Gasteiger partial charge in [0.1, 0.15) is 9.84 Å². The highest BCUT2D eigenvalue weighted by Crippen LogP contribution is 2.18. The van der Waals surface area contributed by atoms with Crippen LogP contribution in [-0.4, -0.2) is 74.9 Å². The molecule has 1 N–H and O–H groups in total. The molecule has 0 radical (unpaired) electrons. The number of aryl methyl sites for hydroxylation is 1. The molecule has 0 saturated heterocycles. The number of ether oxygens (including phenoxy) is 1. The zero-order valence-electron chi connectivity index (χ0n) is 16.1. The predicted molar refractivity (Wildman–Crippen MR) is 101 cm³/mol. The highest BCUT2D eigenvalue weighted by Gasteiger charge is 2.15. The molecule has 0 atom stereocenters. The summed E-state index contributed by atoms with van der Waals surface area (Å²) in [5.41, 5.74) is 2.27. The molecule has 0 saturated carbocycles. The van der Waals surface area contributed by atoms with Crippen LogP contribution < -0.4 is 5.32 Å². The van der Waals surface area contributed by atoms with E-state index in [2.05, 4.69) is 29.3 Å². The van der Waals surface area contributed by atoms with E-state index in [-0.39, 0.29) is 12.4 Å². The maximum atomic E-state index is 11.0. The highest BCUT2D eigenvalue weighted by molar-refractivity contribution is 7.90. The van der Waals surface area contributed by atoms with E-state index in [1.165, 1.54) is 11.8 Å². The monoisotopic (exact) mass is 373 g/mol. The van der Waals surface area contributed by atoms with Gasteiger partial charge in [-0.05, 0) is 5.92 Å². The van der Waals surface area contributed by atoms with E-state index in [0.717, 1.165) is 11.7 Å². The summed E-state index contributed by atoms with van der Waals surface area (Å²) in [6.45, 7) is 6.16. The number of rotatable bonds is 9. The largest absolute Gasteiger partial charge is 0.379 e. The number of nitrogens with one attached hydrogen (secondary N) is 1. The quantitative estimate of drug-likeness (QED) is 0.388. The molecule has 0 aliphatic heterocycles. The van der Waals surface area contributed by atoms with Crippen molar-refractivity contribution in [2.24, 2.45) is 12.0 Å². The van der Waals surface area contributed by atoms with Crippen LogP contribution in [0.15, 0.2) is 11.2 Å². The summed E-state index contributed by atoms with van der Waals surface area (Å²) in [6, 6.07) is 0. The Kier molecular flexibility index (Phi) is 8.37. The number of nitrogens with zero attached hydrogens (tertiary/aromatic N) is 4. The molecule has 0 bridgehead atoms. The first-order chi connectivity index (χ1) is 11.6. The first kappa shape index (κ1) is 21.4. The van der Waals surface area contributed by atoms with Crippen LogP contribution in [0, 0.1) is 0 Å². The maximum Gasteiger partial charge on any atom is 0.193 e. The van der Waals surface area contributed by atoms with Crippen LogP contribution >= 0.6 is 0 Å². The minimum absolute atomic E-state index is 0.0423. The average molecular weight is 374 g/mol. The summed E-state index contributed by atoms with van der Waals surface area (Å²) < 4.78 is 29.2. The fourth-order valence-corrected chi connectivity index (χ4v) is 2.85. The second kappa shape index (κ2) is 9.76. The van der Waals surface area contributed by atoms with Gasteiger partial charge in [0.2, 0.25) is 0 Å². The fraction of sp³-hybridized carbons (Fsp3) is 0.750. The molecule has 0 aliphatic carbocycles. The van der Waals surface area contributed by atoms with E-state index in [1.807, 2.05) is 29.9 Å². The zero-order chi connectivity index (χ0) is 19.0. The van der Waals surface area contributed by atoms with Crippen LogP contribution in [0.4, 0.5) is 0 Å². The third-order valence-corrected chi connectivity index (χ3v) is 4.50. The number of guanidine groups is 1. The molecule has 8 nitrogen and oxygen atoms in total. The summed E-state index contributed by atoms with van der Waals surface area (Å²) in [4.78, 5) is 6.30. The van der Waals surface area contributed by atoms with Gasteiger partial charge in [-0.1, -0.05) is 13.8 Å². The van der Waals surface area contributed by atoms with Crippen molar-refractivity contribution in [2.45, 2.75) is 26.3 Å². The molecule has 144 valence electrons. The molecule has 0 fully saturated rings. The highest BCUT2D eigenvalue weighted by atomic mass is 32.2. The maximum absolute atomic E-state index is 11.0. The van der Waals surface area contributed by atoms with E-state index in [4.69, 9.17) is 4.74 Å². The zero-order valence-corrected chi connectivity index (χ0v) is 16.9. The lowest BCUT2D eigenvalue weighted by atomic mass is 10.1. The fourth-order valence-electron chi connectivity index (χ4n) is 2.43. The molecule has 1 rings (SSSR count). The van der Waals surface area contributed by atoms with Crippen LogP contribution in [0.5, 0.6) is 0 Å². The molecular formula is C16H31N5O3S. The van der Waals surface area contributed by atoms with Gasteiger partial charge < -0.3 is 15.0 Å². The summed E-state index contributed by atoms with van der Waals surface area (Å²) in [5.74, 6) is 1.16. The molecule has 1 aromatic rings. The van der Waals surface area contributed by atoms with Gasteiger partial charge in [0, 0.05) is 52.2 Å². The Morgan fingerprint density at radius 3 is 2.68 bits per heavy atom. The average Bonchev–Trinajstić information content (AvgIpc) is 2.86. The van der Waals surface area contributed by atoms with Crippen molar-refractivity contribution in [1.29, 1.82) is 0 Å². The summed E-state index contributed by atoms with van der Waals surface area (Å²) in [7, 11) is 2.65. The van der Waals surface area contributed by atoms with E-state index < -0.39 is 9.84 Å². The Labute approximate surface area is 151 Å². The minimum atomic E-state index is -2.97. The summed E-state index contributed by atoms with van der Waals surface area (Å²) in [5, 5.41) is 7.74. The summed E-state index contributed by atoms with van der Waals surface area (Å²) in [6.07, 6.45) is 3.24. The number of aliphatic imine (C=N–C) groups is 1. The van der Waals surface area contributed by atoms with E-state index in [9.17, 15) is 8.42 Å². The van der Waals surface area contributed by atoms with Crippen LogP contribution in [0.1, 0.15) is 31.0 Å². The summed E-state index contributed by atoms with van der Waals surface area (Å²) >= 11 is 0. The van der Waals surface area contributed by atoms with E-state index in [0.29, 0.717) is 25.6 Å². The number of sulfone groups is 1. The van der Waals surface area contributed by atoms with Gasteiger partial charge in [-0.3, -0.25) is 9.67 Å². The Balaban J connectivity index is 2.46. The number of hydrogen-bond acceptors (Lipinski definition) is 5. The van der Waals surface area contributed by atoms with Crippen LogP contribution in [0.25, 0.3) is 0 Å². The van der Waals surface area contributed by atoms with E-state index in [1.54, 1.807) is 7.05 Å². The third-order valence-electron chi connectivity index (χ3n) is 3.59. The molecule has 0 spiro atoms. The van der Waals surface area contributed by atoms with Crippen molar-refractivity contribution < 1.29 is 13.2 Å². The molecule has 0 amide bonds. The Hall–Kier alpha value is -1.61. The lowest BCUT2D eigenvalue weighted by Gasteiger charge is -2.22. The van der Waals surface area contributed by atoms with E-state index >= 15 is 0 Å². The van der Waals surface area contributed by atoms with Gasteiger partial charge in [0.15, 0.2) is 5.96 Å². The Bertz CT molecular complexity index is 667. The van der Waals surface area contributed by atoms with Gasteiger partial charge in [0.25, 0.3) is 0 Å². The molecule has 1 heterocycles. The Morgan fingerprint density at radius 1 is 1.44 bits per heavy atom. The number of aromatic nitrogens is 2. The van der Waals surface area contributed by atoms with Crippen molar-refractivity contribution >= 4 is 15.8 Å². The van der Waals surface area contributed by atoms with Gasteiger partial charge in [0.05, 0.1) is 24.7 Å². The van der Waals surface area contributed by atoms with Gasteiger partial charge >= 0.3 is 0 Å². The molecule has 9 heteroatoms. The molecule has 25 heavy (non-hydrogen) atoms. The molecule has 0 aromatic carbocycles. The van der Waals surface area contributed by atoms with Gasteiger partial charge in [-0.2, -0.15) is 5.10 Å². The minimum Gasteiger partial charge on any atom is -0.379 e. The lowest BCUT2D eigenvalue weighted by Crippen LogP contribution is -2.40. The van der Waals surface area contributed by atoms with Gasteiger partial charge in [-0.15, -0.1) is 0 Å². The van der Waals surface area contributed by atoms with Crippen molar-refractivity contribution in [3.05, 3.63) is 17.5 Å². The van der Waals surface area contributed by atoms with Crippen LogP contribution in [0.2, 0.25) is 0 Å². The SMILES string of the molecule is CN=C(NCCOCCS(C)(=O)=O)N(C)Cc1cn(C)nc1C(C)C.